The Balaban J connectivity index is 1.84. The topological polar surface area (TPSA) is 98.7 Å². The van der Waals surface area contributed by atoms with E-state index in [2.05, 4.69) is 26.2 Å². The number of terminal acetylenes is 1. The van der Waals surface area contributed by atoms with E-state index >= 15 is 0 Å². The first-order valence-corrected chi connectivity index (χ1v) is 11.0. The highest BCUT2D eigenvalue weighted by Gasteiger charge is 2.39. The Morgan fingerprint density at radius 2 is 1.86 bits per heavy atom. The molecule has 0 aliphatic carbocycles. The summed E-state index contributed by atoms with van der Waals surface area (Å²) < 4.78 is 2.98. The van der Waals surface area contributed by atoms with E-state index in [-0.39, 0.29) is 5.56 Å². The molecule has 5 rings (SSSR count). The van der Waals surface area contributed by atoms with Crippen LogP contribution in [0.4, 0.5) is 0 Å². The number of benzene rings is 1. The van der Waals surface area contributed by atoms with Crippen molar-refractivity contribution in [2.24, 2.45) is 14.1 Å². The van der Waals surface area contributed by atoms with Gasteiger partial charge in [0.15, 0.2) is 5.60 Å². The first kappa shape index (κ1) is 22.5. The maximum Gasteiger partial charge on any atom is 0.251 e. The molecule has 1 N–H and O–H groups in total. The van der Waals surface area contributed by atoms with Gasteiger partial charge in [0.05, 0.1) is 29.3 Å². The molecular formula is C26H19ClN6O2. The number of fused-ring (bicyclic) bond motifs is 1. The minimum atomic E-state index is -1.71. The van der Waals surface area contributed by atoms with Gasteiger partial charge < -0.3 is 9.67 Å². The van der Waals surface area contributed by atoms with Gasteiger partial charge in [0.25, 0.3) is 5.56 Å². The van der Waals surface area contributed by atoms with Crippen molar-refractivity contribution in [1.82, 2.24) is 29.5 Å². The summed E-state index contributed by atoms with van der Waals surface area (Å²) in [6, 6.07) is 15.4. The number of hydrogen-bond donors (Lipinski definition) is 1. The molecule has 4 aromatic heterocycles. The molecule has 0 spiro atoms. The van der Waals surface area contributed by atoms with E-state index < -0.39 is 5.60 Å². The lowest BCUT2D eigenvalue weighted by molar-refractivity contribution is 0.111. The number of aliphatic hydroxyl groups is 1. The SMILES string of the molecule is C#Cc1cccc(-c2cc(=O)n(C)c3cnc(C(O)(c4ccc(Cl)cc4)c4cnnn4C)cc23)n1. The van der Waals surface area contributed by atoms with Crippen molar-refractivity contribution in [3.63, 3.8) is 0 Å². The lowest BCUT2D eigenvalue weighted by Crippen LogP contribution is -2.32. The van der Waals surface area contributed by atoms with Crippen molar-refractivity contribution in [2.75, 3.05) is 0 Å². The van der Waals surface area contributed by atoms with Gasteiger partial charge in [-0.05, 0) is 35.9 Å². The third-order valence-corrected chi connectivity index (χ3v) is 6.28. The highest BCUT2D eigenvalue weighted by molar-refractivity contribution is 6.30. The van der Waals surface area contributed by atoms with Crippen LogP contribution in [0.25, 0.3) is 22.2 Å². The molecule has 8 nitrogen and oxygen atoms in total. The monoisotopic (exact) mass is 482 g/mol. The zero-order valence-corrected chi connectivity index (χ0v) is 19.6. The lowest BCUT2D eigenvalue weighted by atomic mass is 9.86. The molecule has 9 heteroatoms. The molecule has 0 aliphatic rings. The van der Waals surface area contributed by atoms with Crippen molar-refractivity contribution in [3.05, 3.63) is 105 Å². The van der Waals surface area contributed by atoms with Crippen molar-refractivity contribution in [1.29, 1.82) is 0 Å². The maximum absolute atomic E-state index is 12.7. The number of aromatic nitrogens is 6. The summed E-state index contributed by atoms with van der Waals surface area (Å²) in [5.74, 6) is 2.52. The van der Waals surface area contributed by atoms with Gasteiger partial charge in [-0.3, -0.25) is 9.78 Å². The zero-order valence-electron chi connectivity index (χ0n) is 18.8. The van der Waals surface area contributed by atoms with Gasteiger partial charge in [-0.15, -0.1) is 11.5 Å². The molecule has 1 unspecified atom stereocenters. The Bertz CT molecular complexity index is 1680. The third kappa shape index (κ3) is 3.67. The quantitative estimate of drug-likeness (QED) is 0.395. The summed E-state index contributed by atoms with van der Waals surface area (Å²) in [6.45, 7) is 0. The number of pyridine rings is 3. The minimum Gasteiger partial charge on any atom is -0.373 e. The van der Waals surface area contributed by atoms with E-state index in [4.69, 9.17) is 18.0 Å². The molecule has 35 heavy (non-hydrogen) atoms. The molecule has 0 radical (unpaired) electrons. The molecule has 0 fully saturated rings. The number of aryl methyl sites for hydroxylation is 2. The molecule has 172 valence electrons. The molecule has 4 heterocycles. The molecule has 0 saturated heterocycles. The van der Waals surface area contributed by atoms with Crippen LogP contribution in [0.15, 0.2) is 71.8 Å². The fraction of sp³-hybridized carbons (Fsp3) is 0.115. The van der Waals surface area contributed by atoms with Gasteiger partial charge in [0.2, 0.25) is 0 Å². The van der Waals surface area contributed by atoms with E-state index in [1.54, 1.807) is 68.8 Å². The third-order valence-electron chi connectivity index (χ3n) is 6.02. The maximum atomic E-state index is 12.7. The van der Waals surface area contributed by atoms with Crippen LogP contribution in [-0.2, 0) is 19.7 Å². The minimum absolute atomic E-state index is 0.223. The summed E-state index contributed by atoms with van der Waals surface area (Å²) in [5.41, 5.74) is 1.45. The summed E-state index contributed by atoms with van der Waals surface area (Å²) in [4.78, 5) is 21.8. The number of rotatable bonds is 4. The van der Waals surface area contributed by atoms with Crippen LogP contribution >= 0.6 is 11.6 Å². The average molecular weight is 483 g/mol. The molecule has 0 saturated carbocycles. The van der Waals surface area contributed by atoms with Gasteiger partial charge in [0.1, 0.15) is 11.4 Å². The zero-order chi connectivity index (χ0) is 24.7. The Labute approximate surface area is 205 Å². The molecule has 0 amide bonds. The van der Waals surface area contributed by atoms with Crippen LogP contribution in [0.3, 0.4) is 0 Å². The number of hydrogen-bond acceptors (Lipinski definition) is 6. The van der Waals surface area contributed by atoms with Crippen molar-refractivity contribution in [3.8, 4) is 23.6 Å². The van der Waals surface area contributed by atoms with Crippen LogP contribution < -0.4 is 5.56 Å². The standard InChI is InChI=1S/C26H19ClN6O2/c1-4-18-6-5-7-21(30-18)19-13-25(34)32(2)22-14-28-23(12-20(19)22)26(35,24-15-29-31-33(24)3)16-8-10-17(27)11-9-16/h1,5-15,35H,2-3H3. The van der Waals surface area contributed by atoms with Crippen LogP contribution in [-0.4, -0.2) is 34.6 Å². The Kier molecular flexibility index (Phi) is 5.44. The normalized spacial score (nSPS) is 12.9. The first-order chi connectivity index (χ1) is 16.8. The largest absolute Gasteiger partial charge is 0.373 e. The van der Waals surface area contributed by atoms with Crippen LogP contribution in [0.1, 0.15) is 22.6 Å². The van der Waals surface area contributed by atoms with Crippen LogP contribution in [0, 0.1) is 12.3 Å². The Hall–Kier alpha value is -4.32. The number of nitrogens with zero attached hydrogens (tertiary/aromatic N) is 6. The van der Waals surface area contributed by atoms with Crippen molar-refractivity contribution >= 4 is 22.5 Å². The molecule has 0 bridgehead atoms. The summed E-state index contributed by atoms with van der Waals surface area (Å²) in [7, 11) is 3.35. The Morgan fingerprint density at radius 3 is 2.54 bits per heavy atom. The van der Waals surface area contributed by atoms with Gasteiger partial charge in [-0.2, -0.15) is 0 Å². The number of halogens is 1. The van der Waals surface area contributed by atoms with E-state index in [9.17, 15) is 9.90 Å². The second kappa shape index (κ2) is 8.47. The summed E-state index contributed by atoms with van der Waals surface area (Å²) in [6.07, 6.45) is 8.59. The van der Waals surface area contributed by atoms with Crippen molar-refractivity contribution in [2.45, 2.75) is 5.60 Å². The second-order valence-corrected chi connectivity index (χ2v) is 8.49. The van der Waals surface area contributed by atoms with Gasteiger partial charge in [-0.1, -0.05) is 40.9 Å². The highest BCUT2D eigenvalue weighted by Crippen LogP contribution is 2.37. The van der Waals surface area contributed by atoms with E-state index in [1.165, 1.54) is 21.5 Å². The van der Waals surface area contributed by atoms with E-state index in [1.807, 2.05) is 0 Å². The summed E-state index contributed by atoms with van der Waals surface area (Å²) >= 11 is 6.11. The summed E-state index contributed by atoms with van der Waals surface area (Å²) in [5, 5.41) is 21.3. The Morgan fingerprint density at radius 1 is 1.09 bits per heavy atom. The van der Waals surface area contributed by atoms with Crippen LogP contribution in [0.2, 0.25) is 5.02 Å². The second-order valence-electron chi connectivity index (χ2n) is 8.05. The van der Waals surface area contributed by atoms with Gasteiger partial charge >= 0.3 is 0 Å². The first-order valence-electron chi connectivity index (χ1n) is 10.6. The highest BCUT2D eigenvalue weighted by atomic mass is 35.5. The van der Waals surface area contributed by atoms with Crippen LogP contribution in [0.5, 0.6) is 0 Å². The molecular weight excluding hydrogens is 464 g/mol. The molecule has 5 aromatic rings. The predicted octanol–water partition coefficient (Wildman–Crippen LogP) is 3.04. The smallest absolute Gasteiger partial charge is 0.251 e. The lowest BCUT2D eigenvalue weighted by Gasteiger charge is -2.28. The molecule has 1 atom stereocenters. The van der Waals surface area contributed by atoms with Gasteiger partial charge in [-0.25, -0.2) is 9.67 Å². The molecule has 1 aromatic carbocycles. The van der Waals surface area contributed by atoms with E-state index in [0.29, 0.717) is 49.8 Å². The molecule has 0 aliphatic heterocycles. The van der Waals surface area contributed by atoms with Crippen molar-refractivity contribution < 1.29 is 5.11 Å². The average Bonchev–Trinajstić information content (AvgIpc) is 3.32. The fourth-order valence-electron chi connectivity index (χ4n) is 4.16. The fourth-order valence-corrected chi connectivity index (χ4v) is 4.28. The van der Waals surface area contributed by atoms with Gasteiger partial charge in [0, 0.05) is 36.1 Å². The predicted molar refractivity (Wildman–Crippen MR) is 133 cm³/mol. The van der Waals surface area contributed by atoms with E-state index in [0.717, 1.165) is 0 Å².